The van der Waals surface area contributed by atoms with Crippen molar-refractivity contribution in [1.82, 2.24) is 9.78 Å². The topological polar surface area (TPSA) is 64.0 Å². The van der Waals surface area contributed by atoms with E-state index in [0.717, 1.165) is 5.69 Å². The van der Waals surface area contributed by atoms with E-state index in [1.54, 1.807) is 31.6 Å². The van der Waals surface area contributed by atoms with Crippen molar-refractivity contribution < 1.29 is 8.42 Å². The fourth-order valence-electron chi connectivity index (χ4n) is 1.15. The Kier molecular flexibility index (Phi) is 3.62. The summed E-state index contributed by atoms with van der Waals surface area (Å²) in [4.78, 5) is 0. The van der Waals surface area contributed by atoms with E-state index in [4.69, 9.17) is 0 Å². The number of sulfone groups is 1. The van der Waals surface area contributed by atoms with Crippen LogP contribution in [0.2, 0.25) is 0 Å². The Bertz CT molecular complexity index is 443. The van der Waals surface area contributed by atoms with E-state index in [1.807, 2.05) is 13.2 Å². The van der Waals surface area contributed by atoms with Gasteiger partial charge in [-0.3, -0.25) is 4.68 Å². The maximum absolute atomic E-state index is 11.8. The fourth-order valence-corrected chi connectivity index (χ4v) is 2.13. The van der Waals surface area contributed by atoms with Gasteiger partial charge in [0.15, 0.2) is 9.84 Å². The minimum atomic E-state index is -3.05. The van der Waals surface area contributed by atoms with Gasteiger partial charge >= 0.3 is 0 Å². The highest BCUT2D eigenvalue weighted by molar-refractivity contribution is 7.92. The second-order valence-electron chi connectivity index (χ2n) is 4.76. The molecule has 0 unspecified atom stereocenters. The molecule has 1 aromatic heterocycles. The first-order valence-corrected chi connectivity index (χ1v) is 6.82. The second-order valence-corrected chi connectivity index (χ2v) is 7.62. The van der Waals surface area contributed by atoms with Crippen LogP contribution in [-0.2, 0) is 16.9 Å². The average molecular weight is 245 g/mol. The van der Waals surface area contributed by atoms with E-state index >= 15 is 0 Å². The highest BCUT2D eigenvalue weighted by Crippen LogP contribution is 2.15. The van der Waals surface area contributed by atoms with Crippen LogP contribution in [0.5, 0.6) is 0 Å². The molecule has 1 aromatic rings. The van der Waals surface area contributed by atoms with Crippen LogP contribution in [-0.4, -0.2) is 35.2 Å². The van der Waals surface area contributed by atoms with Crippen molar-refractivity contribution in [3.05, 3.63) is 12.4 Å². The van der Waals surface area contributed by atoms with Gasteiger partial charge in [0.25, 0.3) is 0 Å². The number of aryl methyl sites for hydroxylation is 1. The Balaban J connectivity index is 2.48. The van der Waals surface area contributed by atoms with Crippen LogP contribution in [0, 0.1) is 0 Å². The SMILES string of the molecule is Cn1cc(NCCS(=O)(=O)C(C)(C)C)cn1. The molecule has 0 saturated heterocycles. The summed E-state index contributed by atoms with van der Waals surface area (Å²) in [5, 5.41) is 7.02. The molecule has 0 saturated carbocycles. The van der Waals surface area contributed by atoms with Crippen molar-refractivity contribution in [2.45, 2.75) is 25.5 Å². The standard InChI is InChI=1S/C10H19N3O2S/c1-10(2,3)16(14,15)6-5-11-9-7-12-13(4)8-9/h7-8,11H,5-6H2,1-4H3. The number of hydrogen-bond acceptors (Lipinski definition) is 4. The van der Waals surface area contributed by atoms with E-state index in [1.165, 1.54) is 0 Å². The van der Waals surface area contributed by atoms with Crippen molar-refractivity contribution >= 4 is 15.5 Å². The van der Waals surface area contributed by atoms with E-state index in [9.17, 15) is 8.42 Å². The monoisotopic (exact) mass is 245 g/mol. The molecule has 0 aromatic carbocycles. The predicted molar refractivity (Wildman–Crippen MR) is 65.2 cm³/mol. The molecule has 0 radical (unpaired) electrons. The average Bonchev–Trinajstić information content (AvgIpc) is 2.49. The van der Waals surface area contributed by atoms with Crippen LogP contribution in [0.4, 0.5) is 5.69 Å². The summed E-state index contributed by atoms with van der Waals surface area (Å²) in [5.41, 5.74) is 0.839. The molecule has 1 heterocycles. The maximum Gasteiger partial charge on any atom is 0.156 e. The number of hydrogen-bond donors (Lipinski definition) is 1. The van der Waals surface area contributed by atoms with Crippen LogP contribution in [0.15, 0.2) is 12.4 Å². The van der Waals surface area contributed by atoms with E-state index in [2.05, 4.69) is 10.4 Å². The van der Waals surface area contributed by atoms with Gasteiger partial charge < -0.3 is 5.32 Å². The number of nitrogens with zero attached hydrogens (tertiary/aromatic N) is 2. The zero-order valence-electron chi connectivity index (χ0n) is 10.2. The third kappa shape index (κ3) is 3.23. The van der Waals surface area contributed by atoms with Gasteiger partial charge in [-0.05, 0) is 20.8 Å². The first kappa shape index (κ1) is 13.0. The molecule has 0 fully saturated rings. The lowest BCUT2D eigenvalue weighted by atomic mass is 10.3. The lowest BCUT2D eigenvalue weighted by Gasteiger charge is -2.19. The van der Waals surface area contributed by atoms with Gasteiger partial charge in [-0.2, -0.15) is 5.10 Å². The number of nitrogens with one attached hydrogen (secondary N) is 1. The largest absolute Gasteiger partial charge is 0.381 e. The van der Waals surface area contributed by atoms with Crippen molar-refractivity contribution in [3.63, 3.8) is 0 Å². The number of anilines is 1. The summed E-state index contributed by atoms with van der Waals surface area (Å²) >= 11 is 0. The van der Waals surface area contributed by atoms with Gasteiger partial charge in [0.1, 0.15) is 0 Å². The van der Waals surface area contributed by atoms with Gasteiger partial charge in [-0.15, -0.1) is 0 Å². The first-order chi connectivity index (χ1) is 7.22. The Morgan fingerprint density at radius 3 is 2.50 bits per heavy atom. The lowest BCUT2D eigenvalue weighted by molar-refractivity contribution is 0.560. The molecule has 0 spiro atoms. The quantitative estimate of drug-likeness (QED) is 0.861. The zero-order chi connectivity index (χ0) is 12.4. The summed E-state index contributed by atoms with van der Waals surface area (Å²) in [6.45, 7) is 5.55. The highest BCUT2D eigenvalue weighted by Gasteiger charge is 2.28. The molecule has 0 bridgehead atoms. The van der Waals surface area contributed by atoms with E-state index in [-0.39, 0.29) is 5.75 Å². The first-order valence-electron chi connectivity index (χ1n) is 5.17. The van der Waals surface area contributed by atoms with Crippen LogP contribution in [0.25, 0.3) is 0 Å². The van der Waals surface area contributed by atoms with Gasteiger partial charge in [-0.1, -0.05) is 0 Å². The van der Waals surface area contributed by atoms with Crippen LogP contribution in [0.1, 0.15) is 20.8 Å². The third-order valence-corrected chi connectivity index (χ3v) is 4.95. The van der Waals surface area contributed by atoms with Gasteiger partial charge in [0, 0.05) is 19.8 Å². The summed E-state index contributed by atoms with van der Waals surface area (Å²) in [7, 11) is -1.23. The van der Waals surface area contributed by atoms with Crippen molar-refractivity contribution in [2.75, 3.05) is 17.6 Å². The molecule has 1 N–H and O–H groups in total. The number of rotatable bonds is 4. The molecule has 0 aliphatic heterocycles. The van der Waals surface area contributed by atoms with Crippen LogP contribution < -0.4 is 5.32 Å². The molecule has 5 nitrogen and oxygen atoms in total. The zero-order valence-corrected chi connectivity index (χ0v) is 11.0. The molecule has 0 amide bonds. The third-order valence-electron chi connectivity index (χ3n) is 2.34. The van der Waals surface area contributed by atoms with E-state index in [0.29, 0.717) is 6.54 Å². The van der Waals surface area contributed by atoms with Gasteiger partial charge in [0.05, 0.1) is 22.4 Å². The van der Waals surface area contributed by atoms with Crippen LogP contribution in [0.3, 0.4) is 0 Å². The number of aromatic nitrogens is 2. The summed E-state index contributed by atoms with van der Waals surface area (Å²) in [6, 6.07) is 0. The van der Waals surface area contributed by atoms with Crippen molar-refractivity contribution in [2.24, 2.45) is 7.05 Å². The normalized spacial score (nSPS) is 12.8. The van der Waals surface area contributed by atoms with Crippen molar-refractivity contribution in [1.29, 1.82) is 0 Å². The lowest BCUT2D eigenvalue weighted by Crippen LogP contribution is -2.32. The molecule has 0 aliphatic carbocycles. The van der Waals surface area contributed by atoms with E-state index < -0.39 is 14.6 Å². The van der Waals surface area contributed by atoms with Gasteiger partial charge in [0.2, 0.25) is 0 Å². The predicted octanol–water partition coefficient (Wildman–Crippen LogP) is 1.05. The Hall–Kier alpha value is -1.04. The molecule has 1 rings (SSSR count). The summed E-state index contributed by atoms with van der Waals surface area (Å²) < 4.78 is 24.5. The molecular formula is C10H19N3O2S. The molecule has 6 heteroatoms. The minimum absolute atomic E-state index is 0.130. The van der Waals surface area contributed by atoms with Crippen molar-refractivity contribution in [3.8, 4) is 0 Å². The Labute approximate surface area is 96.8 Å². The molecule has 0 aliphatic rings. The smallest absolute Gasteiger partial charge is 0.156 e. The molecule has 0 atom stereocenters. The van der Waals surface area contributed by atoms with Gasteiger partial charge in [-0.25, -0.2) is 8.42 Å². The summed E-state index contributed by atoms with van der Waals surface area (Å²) in [5.74, 6) is 0.130. The minimum Gasteiger partial charge on any atom is -0.381 e. The second kappa shape index (κ2) is 4.45. The summed E-state index contributed by atoms with van der Waals surface area (Å²) in [6.07, 6.45) is 3.48. The fraction of sp³-hybridized carbons (Fsp3) is 0.700. The van der Waals surface area contributed by atoms with Crippen LogP contribution >= 0.6 is 0 Å². The maximum atomic E-state index is 11.8. The molecule has 16 heavy (non-hydrogen) atoms. The Morgan fingerprint density at radius 1 is 1.44 bits per heavy atom. The molecular weight excluding hydrogens is 226 g/mol. The molecule has 92 valence electrons. The highest BCUT2D eigenvalue weighted by atomic mass is 32.2. The Morgan fingerprint density at radius 2 is 2.06 bits per heavy atom.